The lowest BCUT2D eigenvalue weighted by Gasteiger charge is -2.22. The zero-order valence-electron chi connectivity index (χ0n) is 11.0. The van der Waals surface area contributed by atoms with Crippen molar-refractivity contribution in [2.75, 3.05) is 13.2 Å². The van der Waals surface area contributed by atoms with Gasteiger partial charge in [-0.25, -0.2) is 4.79 Å². The predicted octanol–water partition coefficient (Wildman–Crippen LogP) is 1.56. The number of hydrogen-bond donors (Lipinski definition) is 2. The Labute approximate surface area is 108 Å². The molecule has 0 radical (unpaired) electrons. The number of carbonyl (C=O) groups excluding carboxylic acids is 1. The molecule has 1 unspecified atom stereocenters. The highest BCUT2D eigenvalue weighted by atomic mass is 16.5. The first-order valence-electron chi connectivity index (χ1n) is 6.73. The summed E-state index contributed by atoms with van der Waals surface area (Å²) in [4.78, 5) is 22.6. The third kappa shape index (κ3) is 5.49. The highest BCUT2D eigenvalue weighted by molar-refractivity contribution is 5.83. The average molecular weight is 257 g/mol. The monoisotopic (exact) mass is 257 g/mol. The quantitative estimate of drug-likeness (QED) is 0.725. The van der Waals surface area contributed by atoms with Gasteiger partial charge in [-0.1, -0.05) is 13.3 Å². The molecular formula is C13H23NO4. The van der Waals surface area contributed by atoms with Crippen LogP contribution in [0.4, 0.5) is 0 Å². The number of hydrogen-bond acceptors (Lipinski definition) is 3. The Hall–Kier alpha value is -1.10. The summed E-state index contributed by atoms with van der Waals surface area (Å²) in [6, 6.07) is -0.739. The molecule has 0 aromatic carbocycles. The fourth-order valence-electron chi connectivity index (χ4n) is 2.18. The van der Waals surface area contributed by atoms with Crippen molar-refractivity contribution in [3.8, 4) is 0 Å². The minimum atomic E-state index is -0.948. The fraction of sp³-hybridized carbons (Fsp3) is 0.846. The number of carboxylic acid groups (broad SMARTS) is 1. The molecule has 0 aromatic rings. The summed E-state index contributed by atoms with van der Waals surface area (Å²) in [6.07, 6.45) is 4.48. The van der Waals surface area contributed by atoms with Crippen molar-refractivity contribution in [3.05, 3.63) is 0 Å². The van der Waals surface area contributed by atoms with E-state index in [-0.39, 0.29) is 5.91 Å². The van der Waals surface area contributed by atoms with Gasteiger partial charge in [0.1, 0.15) is 6.04 Å². The van der Waals surface area contributed by atoms with E-state index in [9.17, 15) is 9.59 Å². The number of amides is 1. The van der Waals surface area contributed by atoms with E-state index in [2.05, 4.69) is 5.32 Å². The molecule has 5 heteroatoms. The van der Waals surface area contributed by atoms with Gasteiger partial charge in [-0.2, -0.15) is 0 Å². The van der Waals surface area contributed by atoms with Crippen molar-refractivity contribution in [1.29, 1.82) is 0 Å². The summed E-state index contributed by atoms with van der Waals surface area (Å²) in [5.41, 5.74) is 0. The number of carboxylic acids is 1. The molecule has 1 rings (SSSR count). The van der Waals surface area contributed by atoms with Gasteiger partial charge in [-0.3, -0.25) is 4.79 Å². The molecule has 0 aliphatic carbocycles. The molecule has 18 heavy (non-hydrogen) atoms. The highest BCUT2D eigenvalue weighted by Crippen LogP contribution is 2.19. The summed E-state index contributed by atoms with van der Waals surface area (Å²) in [7, 11) is 0. The van der Waals surface area contributed by atoms with Crippen molar-refractivity contribution in [1.82, 2.24) is 5.32 Å². The van der Waals surface area contributed by atoms with Gasteiger partial charge in [0.15, 0.2) is 0 Å². The Kier molecular flexibility index (Phi) is 6.72. The maximum atomic E-state index is 11.7. The van der Waals surface area contributed by atoms with Crippen LogP contribution in [0.15, 0.2) is 0 Å². The van der Waals surface area contributed by atoms with Gasteiger partial charge in [0.05, 0.1) is 0 Å². The zero-order valence-corrected chi connectivity index (χ0v) is 11.0. The topological polar surface area (TPSA) is 75.6 Å². The van der Waals surface area contributed by atoms with E-state index in [0.29, 0.717) is 18.8 Å². The SMILES string of the molecule is CCCC(NC(=O)CCC1CCOCC1)C(=O)O. The molecule has 1 amide bonds. The predicted molar refractivity (Wildman–Crippen MR) is 67.3 cm³/mol. The summed E-state index contributed by atoms with van der Waals surface area (Å²) in [6.45, 7) is 3.46. The second-order valence-corrected chi connectivity index (χ2v) is 4.84. The molecule has 5 nitrogen and oxygen atoms in total. The van der Waals surface area contributed by atoms with E-state index in [4.69, 9.17) is 9.84 Å². The van der Waals surface area contributed by atoms with Gasteiger partial charge in [0.2, 0.25) is 5.91 Å². The van der Waals surface area contributed by atoms with E-state index in [1.165, 1.54) is 0 Å². The van der Waals surface area contributed by atoms with E-state index in [1.807, 2.05) is 6.92 Å². The lowest BCUT2D eigenvalue weighted by Crippen LogP contribution is -2.40. The van der Waals surface area contributed by atoms with Crippen LogP contribution in [0.2, 0.25) is 0 Å². The molecular weight excluding hydrogens is 234 g/mol. The molecule has 104 valence electrons. The third-order valence-corrected chi connectivity index (χ3v) is 3.33. The van der Waals surface area contributed by atoms with E-state index < -0.39 is 12.0 Å². The van der Waals surface area contributed by atoms with Crippen LogP contribution in [-0.2, 0) is 14.3 Å². The van der Waals surface area contributed by atoms with Gasteiger partial charge in [-0.05, 0) is 31.6 Å². The smallest absolute Gasteiger partial charge is 0.326 e. The molecule has 0 spiro atoms. The minimum Gasteiger partial charge on any atom is -0.480 e. The first-order valence-corrected chi connectivity index (χ1v) is 6.73. The summed E-state index contributed by atoms with van der Waals surface area (Å²) in [5, 5.41) is 11.5. The highest BCUT2D eigenvalue weighted by Gasteiger charge is 2.20. The Balaban J connectivity index is 2.24. The van der Waals surface area contributed by atoms with Gasteiger partial charge in [0, 0.05) is 19.6 Å². The summed E-state index contributed by atoms with van der Waals surface area (Å²) < 4.78 is 5.26. The summed E-state index contributed by atoms with van der Waals surface area (Å²) >= 11 is 0. The lowest BCUT2D eigenvalue weighted by molar-refractivity contribution is -0.142. The van der Waals surface area contributed by atoms with Gasteiger partial charge in [0.25, 0.3) is 0 Å². The van der Waals surface area contributed by atoms with E-state index in [1.54, 1.807) is 0 Å². The van der Waals surface area contributed by atoms with Gasteiger partial charge in [-0.15, -0.1) is 0 Å². The van der Waals surface area contributed by atoms with E-state index in [0.717, 1.165) is 38.9 Å². The Bertz CT molecular complexity index is 274. The Morgan fingerprint density at radius 2 is 2.06 bits per heavy atom. The van der Waals surface area contributed by atoms with Crippen LogP contribution in [0.5, 0.6) is 0 Å². The van der Waals surface area contributed by atoms with Crippen LogP contribution in [0.25, 0.3) is 0 Å². The molecule has 1 saturated heterocycles. The molecule has 2 N–H and O–H groups in total. The number of ether oxygens (including phenoxy) is 1. The van der Waals surface area contributed by atoms with E-state index >= 15 is 0 Å². The second kappa shape index (κ2) is 8.08. The van der Waals surface area contributed by atoms with Crippen LogP contribution >= 0.6 is 0 Å². The molecule has 1 atom stereocenters. The number of aliphatic carboxylic acids is 1. The fourth-order valence-corrected chi connectivity index (χ4v) is 2.18. The number of nitrogens with one attached hydrogen (secondary N) is 1. The largest absolute Gasteiger partial charge is 0.480 e. The maximum Gasteiger partial charge on any atom is 0.326 e. The third-order valence-electron chi connectivity index (χ3n) is 3.33. The first kappa shape index (κ1) is 15.0. The zero-order chi connectivity index (χ0) is 13.4. The second-order valence-electron chi connectivity index (χ2n) is 4.84. The average Bonchev–Trinajstić information content (AvgIpc) is 2.37. The van der Waals surface area contributed by atoms with Crippen molar-refractivity contribution in [3.63, 3.8) is 0 Å². The molecule has 0 bridgehead atoms. The Morgan fingerprint density at radius 1 is 1.39 bits per heavy atom. The van der Waals surface area contributed by atoms with Crippen LogP contribution in [0.3, 0.4) is 0 Å². The van der Waals surface area contributed by atoms with Gasteiger partial charge >= 0.3 is 5.97 Å². The number of carbonyl (C=O) groups is 2. The minimum absolute atomic E-state index is 0.151. The van der Waals surface area contributed by atoms with Crippen molar-refractivity contribution >= 4 is 11.9 Å². The van der Waals surface area contributed by atoms with Crippen molar-refractivity contribution in [2.45, 2.75) is 51.5 Å². The number of rotatable bonds is 7. The van der Waals surface area contributed by atoms with Gasteiger partial charge < -0.3 is 15.2 Å². The van der Waals surface area contributed by atoms with Crippen LogP contribution < -0.4 is 5.32 Å². The normalized spacial score (nSPS) is 18.3. The Morgan fingerprint density at radius 3 is 2.61 bits per heavy atom. The molecule has 0 aromatic heterocycles. The molecule has 1 aliphatic heterocycles. The van der Waals surface area contributed by atoms with Crippen molar-refractivity contribution < 1.29 is 19.4 Å². The molecule has 0 saturated carbocycles. The maximum absolute atomic E-state index is 11.7. The standard InChI is InChI=1S/C13H23NO4/c1-2-3-11(13(16)17)14-12(15)5-4-10-6-8-18-9-7-10/h10-11H,2-9H2,1H3,(H,14,15)(H,16,17). The summed E-state index contributed by atoms with van der Waals surface area (Å²) in [5.74, 6) is -0.558. The van der Waals surface area contributed by atoms with Crippen LogP contribution in [0, 0.1) is 5.92 Å². The first-order chi connectivity index (χ1) is 8.63. The van der Waals surface area contributed by atoms with Crippen LogP contribution in [0.1, 0.15) is 45.4 Å². The van der Waals surface area contributed by atoms with Crippen LogP contribution in [-0.4, -0.2) is 36.2 Å². The van der Waals surface area contributed by atoms with Crippen molar-refractivity contribution in [2.24, 2.45) is 5.92 Å². The molecule has 1 aliphatic rings. The molecule has 1 heterocycles. The molecule has 1 fully saturated rings. The lowest BCUT2D eigenvalue weighted by atomic mass is 9.95.